The molecule has 1 N–H and O–H groups in total. The lowest BCUT2D eigenvalue weighted by Gasteiger charge is -2.14. The topological polar surface area (TPSA) is 39.7 Å². The minimum atomic E-state index is 0. The van der Waals surface area contributed by atoms with Crippen molar-refractivity contribution in [2.45, 2.75) is 32.6 Å². The molecular formula is C13H18ClNO3. The van der Waals surface area contributed by atoms with Crippen LogP contribution in [0.25, 0.3) is 0 Å². The molecule has 0 aliphatic carbocycles. The van der Waals surface area contributed by atoms with E-state index in [1.54, 1.807) is 0 Å². The Morgan fingerprint density at radius 3 is 2.94 bits per heavy atom. The highest BCUT2D eigenvalue weighted by Crippen LogP contribution is 2.43. The Morgan fingerprint density at radius 1 is 1.33 bits per heavy atom. The van der Waals surface area contributed by atoms with Crippen LogP contribution in [0.5, 0.6) is 11.5 Å². The summed E-state index contributed by atoms with van der Waals surface area (Å²) in [6.45, 7) is 6.04. The molecule has 18 heavy (non-hydrogen) atoms. The van der Waals surface area contributed by atoms with Crippen LogP contribution in [0.3, 0.4) is 0 Å². The monoisotopic (exact) mass is 271 g/mol. The second-order valence-corrected chi connectivity index (χ2v) is 4.73. The third kappa shape index (κ3) is 2.28. The summed E-state index contributed by atoms with van der Waals surface area (Å²) in [5, 5.41) is 3.40. The fourth-order valence-electron chi connectivity index (χ4n) is 2.28. The molecule has 2 aliphatic rings. The van der Waals surface area contributed by atoms with E-state index in [0.29, 0.717) is 19.4 Å². The highest BCUT2D eigenvalue weighted by Gasteiger charge is 2.30. The van der Waals surface area contributed by atoms with E-state index in [1.165, 1.54) is 5.56 Å². The summed E-state index contributed by atoms with van der Waals surface area (Å²) in [6, 6.07) is 4.53. The fourth-order valence-corrected chi connectivity index (χ4v) is 2.28. The minimum Gasteiger partial charge on any atom is -0.454 e. The quantitative estimate of drug-likeness (QED) is 0.916. The van der Waals surface area contributed by atoms with Gasteiger partial charge in [0.1, 0.15) is 0 Å². The van der Waals surface area contributed by atoms with Gasteiger partial charge in [-0.2, -0.15) is 0 Å². The van der Waals surface area contributed by atoms with Crippen LogP contribution >= 0.6 is 12.4 Å². The molecule has 0 spiro atoms. The summed E-state index contributed by atoms with van der Waals surface area (Å²) in [4.78, 5) is 0. The van der Waals surface area contributed by atoms with E-state index < -0.39 is 0 Å². The molecule has 4 nitrogen and oxygen atoms in total. The molecule has 0 radical (unpaired) electrons. The molecule has 1 unspecified atom stereocenters. The Labute approximate surface area is 113 Å². The van der Waals surface area contributed by atoms with Crippen molar-refractivity contribution in [1.29, 1.82) is 0 Å². The van der Waals surface area contributed by atoms with Crippen LogP contribution < -0.4 is 14.8 Å². The second kappa shape index (κ2) is 5.34. The summed E-state index contributed by atoms with van der Waals surface area (Å²) in [5.41, 5.74) is 2.37. The van der Waals surface area contributed by atoms with Gasteiger partial charge in [-0.3, -0.25) is 0 Å². The highest BCUT2D eigenvalue weighted by atomic mass is 35.5. The first kappa shape index (κ1) is 13.5. The van der Waals surface area contributed by atoms with Crippen molar-refractivity contribution in [3.8, 4) is 11.5 Å². The number of rotatable bonds is 3. The summed E-state index contributed by atoms with van der Waals surface area (Å²) in [5.74, 6) is 1.71. The van der Waals surface area contributed by atoms with Crippen molar-refractivity contribution in [3.63, 3.8) is 0 Å². The van der Waals surface area contributed by atoms with Gasteiger partial charge in [-0.1, -0.05) is 19.9 Å². The number of nitrogens with one attached hydrogen (secondary N) is 1. The normalized spacial score (nSPS) is 19.8. The van der Waals surface area contributed by atoms with Gasteiger partial charge in [0.15, 0.2) is 11.5 Å². The van der Waals surface area contributed by atoms with Crippen molar-refractivity contribution in [1.82, 2.24) is 5.32 Å². The molecule has 0 fully saturated rings. The van der Waals surface area contributed by atoms with Crippen LogP contribution in [0, 0.1) is 0 Å². The molecule has 0 saturated carbocycles. The van der Waals surface area contributed by atoms with E-state index in [4.69, 9.17) is 14.2 Å². The Hall–Kier alpha value is -0.970. The predicted octanol–water partition coefficient (Wildman–Crippen LogP) is 2.41. The lowest BCUT2D eigenvalue weighted by molar-refractivity contribution is 0.0638. The van der Waals surface area contributed by atoms with Crippen molar-refractivity contribution < 1.29 is 14.2 Å². The van der Waals surface area contributed by atoms with Gasteiger partial charge in [0.2, 0.25) is 6.79 Å². The molecule has 0 saturated heterocycles. The lowest BCUT2D eigenvalue weighted by Crippen LogP contribution is -2.27. The summed E-state index contributed by atoms with van der Waals surface area (Å²) in [6.07, 6.45) is 0.127. The third-order valence-corrected chi connectivity index (χ3v) is 3.17. The molecule has 1 aromatic rings. The van der Waals surface area contributed by atoms with Crippen LogP contribution in [0.4, 0.5) is 0 Å². The first-order valence-corrected chi connectivity index (χ1v) is 6.02. The standard InChI is InChI=1S/C13H17NO3.ClH/c1-8(2)14-5-12-9-3-4-11-13(17-7-16-11)10(9)6-15-12;/h3-4,8,12,14H,5-7H2,1-2H3;1H. The highest BCUT2D eigenvalue weighted by molar-refractivity contribution is 5.85. The summed E-state index contributed by atoms with van der Waals surface area (Å²) >= 11 is 0. The Morgan fingerprint density at radius 2 is 2.17 bits per heavy atom. The van der Waals surface area contributed by atoms with Gasteiger partial charge in [-0.15, -0.1) is 12.4 Å². The number of ether oxygens (including phenoxy) is 3. The van der Waals surface area contributed by atoms with Crippen LogP contribution in [0.1, 0.15) is 31.1 Å². The Bertz CT molecular complexity index is 436. The second-order valence-electron chi connectivity index (χ2n) is 4.73. The van der Waals surface area contributed by atoms with E-state index in [1.807, 2.05) is 6.07 Å². The largest absolute Gasteiger partial charge is 0.454 e. The summed E-state index contributed by atoms with van der Waals surface area (Å²) in [7, 11) is 0. The first-order valence-electron chi connectivity index (χ1n) is 6.02. The fraction of sp³-hybridized carbons (Fsp3) is 0.538. The van der Waals surface area contributed by atoms with Gasteiger partial charge in [-0.05, 0) is 11.6 Å². The number of benzene rings is 1. The Kier molecular flexibility index (Phi) is 4.00. The molecule has 0 aromatic heterocycles. The zero-order valence-electron chi connectivity index (χ0n) is 10.6. The van der Waals surface area contributed by atoms with E-state index in [0.717, 1.165) is 23.6 Å². The van der Waals surface area contributed by atoms with Gasteiger partial charge < -0.3 is 19.5 Å². The smallest absolute Gasteiger partial charge is 0.231 e. The van der Waals surface area contributed by atoms with E-state index in [9.17, 15) is 0 Å². The number of fused-ring (bicyclic) bond motifs is 3. The molecule has 1 aromatic carbocycles. The lowest BCUT2D eigenvalue weighted by atomic mass is 10.0. The number of hydrogen-bond acceptors (Lipinski definition) is 4. The molecule has 3 rings (SSSR count). The molecule has 0 bridgehead atoms. The minimum absolute atomic E-state index is 0. The van der Waals surface area contributed by atoms with Gasteiger partial charge >= 0.3 is 0 Å². The van der Waals surface area contributed by atoms with Gasteiger partial charge in [-0.25, -0.2) is 0 Å². The third-order valence-electron chi connectivity index (χ3n) is 3.17. The maximum absolute atomic E-state index is 5.80. The molecule has 2 heterocycles. The van der Waals surface area contributed by atoms with Crippen LogP contribution in [0.2, 0.25) is 0 Å². The van der Waals surface area contributed by atoms with Gasteiger partial charge in [0.25, 0.3) is 0 Å². The van der Waals surface area contributed by atoms with Gasteiger partial charge in [0.05, 0.1) is 12.7 Å². The Balaban J connectivity index is 0.00000120. The van der Waals surface area contributed by atoms with Crippen molar-refractivity contribution in [2.24, 2.45) is 0 Å². The molecule has 100 valence electrons. The van der Waals surface area contributed by atoms with Crippen LogP contribution in [-0.2, 0) is 11.3 Å². The average Bonchev–Trinajstić information content (AvgIpc) is 2.91. The SMILES string of the molecule is CC(C)NCC1OCc2c1ccc1c2OCO1.Cl. The molecule has 0 amide bonds. The zero-order chi connectivity index (χ0) is 11.8. The molecule has 1 atom stereocenters. The zero-order valence-corrected chi connectivity index (χ0v) is 11.4. The van der Waals surface area contributed by atoms with Crippen molar-refractivity contribution >= 4 is 12.4 Å². The van der Waals surface area contributed by atoms with E-state index >= 15 is 0 Å². The van der Waals surface area contributed by atoms with Crippen molar-refractivity contribution in [3.05, 3.63) is 23.3 Å². The van der Waals surface area contributed by atoms with E-state index in [-0.39, 0.29) is 18.5 Å². The average molecular weight is 272 g/mol. The van der Waals surface area contributed by atoms with Crippen molar-refractivity contribution in [2.75, 3.05) is 13.3 Å². The molecule has 2 aliphatic heterocycles. The first-order chi connectivity index (χ1) is 8.25. The summed E-state index contributed by atoms with van der Waals surface area (Å²) < 4.78 is 16.7. The van der Waals surface area contributed by atoms with Gasteiger partial charge in [0, 0.05) is 18.2 Å². The predicted molar refractivity (Wildman–Crippen MR) is 70.5 cm³/mol. The van der Waals surface area contributed by atoms with E-state index in [2.05, 4.69) is 25.2 Å². The van der Waals surface area contributed by atoms with Crippen LogP contribution in [0.15, 0.2) is 12.1 Å². The molecular weight excluding hydrogens is 254 g/mol. The number of hydrogen-bond donors (Lipinski definition) is 1. The molecule has 5 heteroatoms. The maximum atomic E-state index is 5.80. The van der Waals surface area contributed by atoms with Crippen LogP contribution in [-0.4, -0.2) is 19.4 Å². The maximum Gasteiger partial charge on any atom is 0.231 e. The number of halogens is 1.